The minimum atomic E-state index is -0.740. The van der Waals surface area contributed by atoms with Crippen molar-refractivity contribution in [3.63, 3.8) is 0 Å². The molecule has 1 heterocycles. The number of carbonyl (C=O) groups is 3. The summed E-state index contributed by atoms with van der Waals surface area (Å²) in [5.74, 6) is -1.10. The zero-order chi connectivity index (χ0) is 6.85. The van der Waals surface area contributed by atoms with Crippen LogP contribution in [0.4, 0.5) is 4.79 Å². The lowest BCUT2D eigenvalue weighted by Crippen LogP contribution is -2.49. The van der Waals surface area contributed by atoms with Gasteiger partial charge in [-0.25, -0.2) is 4.79 Å². The van der Waals surface area contributed by atoms with Gasteiger partial charge in [0.15, 0.2) is 0 Å². The van der Waals surface area contributed by atoms with Crippen molar-refractivity contribution in [2.24, 2.45) is 0 Å². The van der Waals surface area contributed by atoms with E-state index in [9.17, 15) is 14.4 Å². The summed E-state index contributed by atoms with van der Waals surface area (Å²) < 4.78 is 0. The molecule has 0 aliphatic carbocycles. The normalized spacial score (nSPS) is 18.9. The highest BCUT2D eigenvalue weighted by Crippen LogP contribution is 1.85. The summed E-state index contributed by atoms with van der Waals surface area (Å²) in [6.45, 7) is 0. The molecule has 0 bridgehead atoms. The highest BCUT2D eigenvalue weighted by Gasteiger charge is 2.20. The molecular formula is C4H4N2O3. The smallest absolute Gasteiger partial charge is 0.277 e. The monoisotopic (exact) mass is 132 g/mol. The van der Waals surface area contributed by atoms with Crippen LogP contribution in [0.25, 0.3) is 0 Å². The van der Waals surface area contributed by atoms with Crippen LogP contribution in [0.3, 0.4) is 0 Å². The van der Waals surface area contributed by atoms with Crippen LogP contribution in [0.15, 0.2) is 0 Å². The van der Waals surface area contributed by atoms with Gasteiger partial charge in [0, 0.05) is 0 Å². The quantitative estimate of drug-likeness (QED) is 0.404. The lowest BCUT2D eigenvalue weighted by atomic mass is 10.9. The summed E-state index contributed by atoms with van der Waals surface area (Å²) in [6, 6.07) is -0.740. The van der Waals surface area contributed by atoms with Crippen LogP contribution in [0.5, 0.6) is 0 Å². The molecule has 1 saturated heterocycles. The molecule has 48 valence electrons. The van der Waals surface area contributed by atoms with Crippen molar-refractivity contribution in [1.29, 1.82) is 0 Å². The fourth-order valence-electron chi connectivity index (χ4n) is 0.519. The van der Waals surface area contributed by atoms with E-state index < -0.39 is 17.8 Å². The Balaban J connectivity index is 2.64. The summed E-state index contributed by atoms with van der Waals surface area (Å²) in [4.78, 5) is 30.8. The zero-order valence-corrected chi connectivity index (χ0v) is 4.43. The Morgan fingerprint density at radius 1 is 1.22 bits per heavy atom. The Hall–Kier alpha value is -1.39. The molecule has 0 unspecified atom stereocenters. The van der Waals surface area contributed by atoms with E-state index in [4.69, 9.17) is 0 Å². The molecule has 0 saturated carbocycles. The molecule has 0 aromatic heterocycles. The number of rotatable bonds is 0. The average Bonchev–Trinajstić information content (AvgIpc) is 1.59. The standard InChI is InChI=1S/C4H4N2O3/c7-2-1-3(8)6-4(9)5-2/h1H2,(H2,5,6,7,8,9)/i1+2,4+2. The van der Waals surface area contributed by atoms with Crippen LogP contribution in [-0.4, -0.2) is 17.8 Å². The molecule has 1 fully saturated rings. The highest BCUT2D eigenvalue weighted by atomic mass is 16.4. The van der Waals surface area contributed by atoms with E-state index in [0.29, 0.717) is 0 Å². The second kappa shape index (κ2) is 1.85. The lowest BCUT2D eigenvalue weighted by Gasteiger charge is -2.09. The van der Waals surface area contributed by atoms with Crippen molar-refractivity contribution in [2.75, 3.05) is 0 Å². The van der Waals surface area contributed by atoms with Crippen molar-refractivity contribution in [3.8, 4) is 0 Å². The third-order valence-corrected chi connectivity index (χ3v) is 0.827. The second-order valence-electron chi connectivity index (χ2n) is 1.60. The van der Waals surface area contributed by atoms with Crippen LogP contribution >= 0.6 is 0 Å². The second-order valence-corrected chi connectivity index (χ2v) is 1.60. The third kappa shape index (κ3) is 1.25. The van der Waals surface area contributed by atoms with Crippen molar-refractivity contribution < 1.29 is 14.4 Å². The number of nitrogens with one attached hydrogen (secondary N) is 2. The number of hydrogen-bond donors (Lipinski definition) is 2. The molecule has 1 aliphatic heterocycles. The lowest BCUT2D eigenvalue weighted by molar-refractivity contribution is -0.129. The molecule has 4 amide bonds. The predicted molar refractivity (Wildman–Crippen MR) is 26.3 cm³/mol. The predicted octanol–water partition coefficient (Wildman–Crippen LogP) is -1.26. The molecule has 1 aliphatic rings. The number of urea groups is 1. The van der Waals surface area contributed by atoms with E-state index in [1.54, 1.807) is 0 Å². The number of imide groups is 2. The Bertz CT molecular complexity index is 141. The fraction of sp³-hybridized carbons (Fsp3) is 0.250. The van der Waals surface area contributed by atoms with Crippen molar-refractivity contribution in [3.05, 3.63) is 0 Å². The first-order valence-electron chi connectivity index (χ1n) is 2.32. The molecule has 5 nitrogen and oxygen atoms in total. The summed E-state index contributed by atoms with van der Waals surface area (Å²) in [5.41, 5.74) is 0. The van der Waals surface area contributed by atoms with E-state index >= 15 is 0 Å². The van der Waals surface area contributed by atoms with Gasteiger partial charge >= 0.3 is 6.03 Å². The number of barbiturate groups is 1. The molecule has 1 rings (SSSR count). The van der Waals surface area contributed by atoms with Crippen molar-refractivity contribution in [1.82, 2.24) is 10.6 Å². The van der Waals surface area contributed by atoms with Gasteiger partial charge in [-0.2, -0.15) is 0 Å². The molecule has 0 radical (unpaired) electrons. The molecule has 0 aromatic rings. The van der Waals surface area contributed by atoms with E-state index in [2.05, 4.69) is 0 Å². The van der Waals surface area contributed by atoms with E-state index in [-0.39, 0.29) is 6.42 Å². The Labute approximate surface area is 50.4 Å². The summed E-state index contributed by atoms with van der Waals surface area (Å²) in [7, 11) is 0. The van der Waals surface area contributed by atoms with Crippen molar-refractivity contribution >= 4 is 17.8 Å². The van der Waals surface area contributed by atoms with Gasteiger partial charge in [0.25, 0.3) is 0 Å². The Morgan fingerprint density at radius 2 is 1.67 bits per heavy atom. The van der Waals surface area contributed by atoms with Gasteiger partial charge in [0.2, 0.25) is 11.8 Å². The van der Waals surface area contributed by atoms with E-state index in [1.807, 2.05) is 10.6 Å². The van der Waals surface area contributed by atoms with Gasteiger partial charge < -0.3 is 0 Å². The van der Waals surface area contributed by atoms with Gasteiger partial charge in [0.05, 0.1) is 0 Å². The Kier molecular flexibility index (Phi) is 1.18. The van der Waals surface area contributed by atoms with Crippen LogP contribution in [0, 0.1) is 0 Å². The van der Waals surface area contributed by atoms with Gasteiger partial charge in [-0.1, -0.05) is 0 Å². The van der Waals surface area contributed by atoms with Crippen LogP contribution in [0.1, 0.15) is 6.42 Å². The van der Waals surface area contributed by atoms with Crippen LogP contribution < -0.4 is 10.6 Å². The average molecular weight is 132 g/mol. The number of amides is 4. The minimum Gasteiger partial charge on any atom is -0.277 e. The molecule has 2 N–H and O–H groups in total. The molecule has 9 heavy (non-hydrogen) atoms. The third-order valence-electron chi connectivity index (χ3n) is 0.827. The van der Waals surface area contributed by atoms with Gasteiger partial charge in [-0.3, -0.25) is 20.2 Å². The topological polar surface area (TPSA) is 75.3 Å². The molecular weight excluding hydrogens is 128 g/mol. The molecule has 0 atom stereocenters. The van der Waals surface area contributed by atoms with E-state index in [1.165, 1.54) is 0 Å². The summed E-state index contributed by atoms with van der Waals surface area (Å²) >= 11 is 0. The van der Waals surface area contributed by atoms with Gasteiger partial charge in [0.1, 0.15) is 6.42 Å². The molecule has 5 heteroatoms. The number of hydrogen-bond acceptors (Lipinski definition) is 3. The maximum absolute atomic E-state index is 10.3. The first-order chi connectivity index (χ1) is 4.18. The number of carbonyl (C=O) groups excluding carboxylic acids is 3. The van der Waals surface area contributed by atoms with Crippen molar-refractivity contribution in [2.45, 2.75) is 6.42 Å². The molecule has 0 aromatic carbocycles. The largest absolute Gasteiger partial charge is 0.328 e. The minimum absolute atomic E-state index is 0.258. The first kappa shape index (κ1) is 5.74. The maximum Gasteiger partial charge on any atom is 0.328 e. The van der Waals surface area contributed by atoms with Gasteiger partial charge in [-0.15, -0.1) is 0 Å². The Morgan fingerprint density at radius 3 is 2.00 bits per heavy atom. The fourth-order valence-corrected chi connectivity index (χ4v) is 0.519. The summed E-state index contributed by atoms with van der Waals surface area (Å²) in [5, 5.41) is 3.80. The highest BCUT2D eigenvalue weighted by molar-refractivity contribution is 6.14. The van der Waals surface area contributed by atoms with Crippen LogP contribution in [0.2, 0.25) is 0 Å². The van der Waals surface area contributed by atoms with Gasteiger partial charge in [-0.05, 0) is 0 Å². The first-order valence-corrected chi connectivity index (χ1v) is 2.32. The maximum atomic E-state index is 10.3. The van der Waals surface area contributed by atoms with Crippen LogP contribution in [-0.2, 0) is 9.59 Å². The summed E-state index contributed by atoms with van der Waals surface area (Å²) in [6.07, 6.45) is -0.258. The zero-order valence-electron chi connectivity index (χ0n) is 4.43. The van der Waals surface area contributed by atoms with E-state index in [0.717, 1.165) is 0 Å². The molecule has 0 spiro atoms. The SMILES string of the molecule is O=C1[14CH2]C(=O)N[14C](=O)N1.